The van der Waals surface area contributed by atoms with Crippen molar-refractivity contribution in [3.05, 3.63) is 0 Å². The number of epoxide rings is 1. The van der Waals surface area contributed by atoms with Crippen molar-refractivity contribution in [3.63, 3.8) is 0 Å². The van der Waals surface area contributed by atoms with Crippen LogP contribution in [0.3, 0.4) is 0 Å². The number of rotatable bonds is 0. The second-order valence-corrected chi connectivity index (χ2v) is 1.14. The predicted molar refractivity (Wildman–Crippen MR) is 15.4 cm³/mol. The zero-order valence-corrected chi connectivity index (χ0v) is 10.3. The van der Waals surface area contributed by atoms with Crippen molar-refractivity contribution in [2.75, 3.05) is 6.61 Å². The molecule has 0 spiro atoms. The monoisotopic (exact) mass is 280 g/mol. The van der Waals surface area contributed by atoms with E-state index in [0.717, 1.165) is 6.61 Å². The molecule has 0 aromatic carbocycles. The summed E-state index contributed by atoms with van der Waals surface area (Å²) in [4.78, 5) is 0. The summed E-state index contributed by atoms with van der Waals surface area (Å²) in [6.45, 7) is 3.04. The predicted octanol–water partition coefficient (Wildman–Crippen LogP) is -5.59. The van der Waals surface area contributed by atoms with E-state index in [0.29, 0.717) is 6.10 Å². The number of hydrogen-bond donors (Lipinski definition) is 0. The van der Waals surface area contributed by atoms with E-state index in [4.69, 9.17) is 4.74 Å². The van der Waals surface area contributed by atoms with E-state index >= 15 is 0 Å². The first-order valence-electron chi connectivity index (χ1n) is 1.51. The van der Waals surface area contributed by atoms with Gasteiger partial charge in [0.1, 0.15) is 0 Å². The van der Waals surface area contributed by atoms with E-state index in [-0.39, 0.29) is 53.4 Å². The molecule has 0 bridgehead atoms. The summed E-state index contributed by atoms with van der Waals surface area (Å²) in [7, 11) is 0. The van der Waals surface area contributed by atoms with Crippen molar-refractivity contribution in [2.45, 2.75) is 13.0 Å². The minimum atomic E-state index is 0. The van der Waals surface area contributed by atoms with Gasteiger partial charge in [-0.2, -0.15) is 0 Å². The fourth-order valence-corrected chi connectivity index (χ4v) is 0.0962. The largest absolute Gasteiger partial charge is 2.00 e. The maximum Gasteiger partial charge on any atom is 2.00 e. The van der Waals surface area contributed by atoms with Crippen LogP contribution >= 0.6 is 0 Å². The Morgan fingerprint density at radius 1 is 1.43 bits per heavy atom. The maximum absolute atomic E-state index is 4.71. The first-order chi connectivity index (χ1) is 1.89. The van der Waals surface area contributed by atoms with Crippen LogP contribution in [0, 0.1) is 0 Å². The summed E-state index contributed by atoms with van der Waals surface area (Å²) >= 11 is 0. The van der Waals surface area contributed by atoms with Crippen molar-refractivity contribution in [1.82, 2.24) is 0 Å². The average molecular weight is 283 g/mol. The van der Waals surface area contributed by atoms with Crippen LogP contribution in [0.2, 0.25) is 0 Å². The van der Waals surface area contributed by atoms with Gasteiger partial charge in [-0.25, -0.2) is 0 Å². The van der Waals surface area contributed by atoms with Crippen LogP contribution in [0.4, 0.5) is 0 Å². The van der Waals surface area contributed by atoms with Crippen LogP contribution in [0.1, 0.15) is 6.92 Å². The summed E-state index contributed by atoms with van der Waals surface area (Å²) in [5.41, 5.74) is 0. The molecule has 0 N–H and O–H groups in total. The zero-order valence-electron chi connectivity index (χ0n) is 4.16. The Morgan fingerprint density at radius 2 is 1.57 bits per heavy atom. The average Bonchev–Trinajstić information content (AvgIpc) is 1.75. The first-order valence-corrected chi connectivity index (χ1v) is 1.51. The van der Waals surface area contributed by atoms with Gasteiger partial charge in [-0.3, -0.25) is 0 Å². The number of ether oxygens (including phenoxy) is 1. The third-order valence-electron chi connectivity index (χ3n) is 0.500. The molecule has 0 aliphatic carbocycles. The Bertz CT molecular complexity index is 32.1. The van der Waals surface area contributed by atoms with Crippen molar-refractivity contribution in [2.24, 2.45) is 0 Å². The molecule has 1 aliphatic heterocycles. The topological polar surface area (TPSA) is 12.5 Å². The molecule has 1 fully saturated rings. The van der Waals surface area contributed by atoms with E-state index < -0.39 is 0 Å². The summed E-state index contributed by atoms with van der Waals surface area (Å²) in [6, 6.07) is 0. The van der Waals surface area contributed by atoms with E-state index in [1.165, 1.54) is 0 Å². The third-order valence-corrected chi connectivity index (χ3v) is 0.500. The molecule has 0 saturated carbocycles. The van der Waals surface area contributed by atoms with Crippen LogP contribution in [0.15, 0.2) is 0 Å². The van der Waals surface area contributed by atoms with E-state index in [2.05, 4.69) is 6.92 Å². The molecule has 0 radical (unpaired) electrons. The minimum absolute atomic E-state index is 0. The Balaban J connectivity index is -0.0000000533. The first kappa shape index (κ1) is 15.8. The second-order valence-electron chi connectivity index (χ2n) is 1.14. The zero-order chi connectivity index (χ0) is 2.99. The SMILES string of the molecule is CC1CO1.[Br-].[Br-].[Zn+2]. The van der Waals surface area contributed by atoms with Gasteiger partial charge in [-0.05, 0) is 6.92 Å². The van der Waals surface area contributed by atoms with Crippen LogP contribution in [-0.4, -0.2) is 12.7 Å². The molecular formula is C3H6Br2OZn. The Hall–Kier alpha value is 1.54. The quantitative estimate of drug-likeness (QED) is 0.319. The molecular weight excluding hydrogens is 277 g/mol. The molecule has 1 nitrogen and oxygen atoms in total. The van der Waals surface area contributed by atoms with Crippen LogP contribution in [0.25, 0.3) is 0 Å². The summed E-state index contributed by atoms with van der Waals surface area (Å²) in [6.07, 6.45) is 0.583. The smallest absolute Gasteiger partial charge is 1.00 e. The Kier molecular flexibility index (Phi) is 17.0. The molecule has 0 aromatic heterocycles. The van der Waals surface area contributed by atoms with Gasteiger partial charge in [-0.15, -0.1) is 0 Å². The standard InChI is InChI=1S/C3H6O.2BrH.Zn/c1-3-2-4-3;;;/h3H,2H2,1H3;2*1H;/q;;;+2/p-2. The molecule has 1 aliphatic rings. The van der Waals surface area contributed by atoms with E-state index in [1.807, 2.05) is 0 Å². The van der Waals surface area contributed by atoms with Crippen molar-refractivity contribution >= 4 is 0 Å². The molecule has 7 heavy (non-hydrogen) atoms. The third kappa shape index (κ3) is 11.2. The minimum Gasteiger partial charge on any atom is -1.00 e. The molecule has 1 unspecified atom stereocenters. The van der Waals surface area contributed by atoms with Crippen molar-refractivity contribution in [3.8, 4) is 0 Å². The summed E-state index contributed by atoms with van der Waals surface area (Å²) in [5.74, 6) is 0. The molecule has 1 rings (SSSR count). The maximum atomic E-state index is 4.71. The molecule has 1 heterocycles. The second kappa shape index (κ2) is 7.54. The van der Waals surface area contributed by atoms with E-state index in [1.54, 1.807) is 0 Å². The Morgan fingerprint density at radius 3 is 1.57 bits per heavy atom. The summed E-state index contributed by atoms with van der Waals surface area (Å²) < 4.78 is 4.71. The van der Waals surface area contributed by atoms with E-state index in [9.17, 15) is 0 Å². The fraction of sp³-hybridized carbons (Fsp3) is 1.00. The normalized spacial score (nSPS) is 22.7. The fourth-order valence-electron chi connectivity index (χ4n) is 0.0962. The van der Waals surface area contributed by atoms with Crippen LogP contribution in [0.5, 0.6) is 0 Å². The number of hydrogen-bond acceptors (Lipinski definition) is 1. The van der Waals surface area contributed by atoms with Gasteiger partial charge >= 0.3 is 19.5 Å². The molecule has 4 heteroatoms. The van der Waals surface area contributed by atoms with Crippen molar-refractivity contribution < 1.29 is 58.2 Å². The van der Waals surface area contributed by atoms with Crippen LogP contribution < -0.4 is 34.0 Å². The van der Waals surface area contributed by atoms with Gasteiger partial charge in [0.2, 0.25) is 0 Å². The number of halogens is 2. The molecule has 40 valence electrons. The van der Waals surface area contributed by atoms with Gasteiger partial charge in [0, 0.05) is 0 Å². The van der Waals surface area contributed by atoms with Crippen LogP contribution in [-0.2, 0) is 24.2 Å². The molecule has 1 atom stereocenters. The summed E-state index contributed by atoms with van der Waals surface area (Å²) in [5, 5.41) is 0. The van der Waals surface area contributed by atoms with Gasteiger partial charge in [-0.1, -0.05) is 0 Å². The molecule has 0 aromatic rings. The van der Waals surface area contributed by atoms with Gasteiger partial charge in [0.05, 0.1) is 12.7 Å². The van der Waals surface area contributed by atoms with Crippen molar-refractivity contribution in [1.29, 1.82) is 0 Å². The van der Waals surface area contributed by atoms with Gasteiger partial charge < -0.3 is 38.7 Å². The van der Waals surface area contributed by atoms with Gasteiger partial charge in [0.15, 0.2) is 0 Å². The Labute approximate surface area is 77.5 Å². The molecule has 1 saturated heterocycles. The molecule has 0 amide bonds. The van der Waals surface area contributed by atoms with Gasteiger partial charge in [0.25, 0.3) is 0 Å².